The maximum absolute atomic E-state index is 11.8. The molecule has 3 rings (SSSR count). The van der Waals surface area contributed by atoms with Gasteiger partial charge >= 0.3 is 5.97 Å². The third-order valence-electron chi connectivity index (χ3n) is 3.57. The maximum Gasteiger partial charge on any atom is 0.339 e. The first-order chi connectivity index (χ1) is 12.3. The van der Waals surface area contributed by atoms with Crippen molar-refractivity contribution in [1.29, 1.82) is 0 Å². The molecule has 3 heteroatoms. The molecule has 3 aromatic carbocycles. The largest absolute Gasteiger partial charge is 0.496 e. The summed E-state index contributed by atoms with van der Waals surface area (Å²) in [5.74, 6) is 0.0258. The van der Waals surface area contributed by atoms with Gasteiger partial charge in [-0.25, -0.2) is 4.79 Å². The maximum atomic E-state index is 11.8. The molecular weight excluding hydrogens is 312 g/mol. The molecule has 0 amide bonds. The van der Waals surface area contributed by atoms with E-state index in [0.29, 0.717) is 12.4 Å². The number of carbonyl (C=O) groups is 1. The van der Waals surface area contributed by atoms with Crippen molar-refractivity contribution in [3.8, 4) is 16.9 Å². The molecule has 124 valence electrons. The topological polar surface area (TPSA) is 35.5 Å². The molecule has 0 atom stereocenters. The number of rotatable bonds is 6. The second-order valence-corrected chi connectivity index (χ2v) is 5.41. The fourth-order valence-corrected chi connectivity index (χ4v) is 2.32. The molecule has 0 saturated carbocycles. The zero-order valence-corrected chi connectivity index (χ0v) is 13.7. The van der Waals surface area contributed by atoms with Crippen molar-refractivity contribution >= 4 is 5.97 Å². The minimum atomic E-state index is -0.472. The monoisotopic (exact) mass is 330 g/mol. The SMILES string of the molecule is O=C(/C=C/OCc1ccccc1)Oc1ccc(-c2ccccc2)cc1. The van der Waals surface area contributed by atoms with Gasteiger partial charge in [0.15, 0.2) is 0 Å². The number of esters is 1. The van der Waals surface area contributed by atoms with Crippen LogP contribution in [-0.2, 0) is 16.1 Å². The average Bonchev–Trinajstić information content (AvgIpc) is 2.67. The van der Waals surface area contributed by atoms with Crippen LogP contribution in [0.3, 0.4) is 0 Å². The standard InChI is InChI=1S/C22H18O3/c23-22(15-16-24-17-18-7-3-1-4-8-18)25-21-13-11-20(12-14-21)19-9-5-2-6-10-19/h1-16H,17H2/b16-15+. The Morgan fingerprint density at radius 3 is 2.04 bits per heavy atom. The van der Waals surface area contributed by atoms with E-state index in [1.807, 2.05) is 72.8 Å². The van der Waals surface area contributed by atoms with Gasteiger partial charge in [-0.05, 0) is 28.8 Å². The van der Waals surface area contributed by atoms with Crippen molar-refractivity contribution < 1.29 is 14.3 Å². The summed E-state index contributed by atoms with van der Waals surface area (Å²) in [6.45, 7) is 0.413. The molecule has 0 N–H and O–H groups in total. The number of hydrogen-bond donors (Lipinski definition) is 0. The average molecular weight is 330 g/mol. The van der Waals surface area contributed by atoms with Gasteiger partial charge in [-0.15, -0.1) is 0 Å². The molecule has 0 radical (unpaired) electrons. The fraction of sp³-hybridized carbons (Fsp3) is 0.0455. The number of hydrogen-bond acceptors (Lipinski definition) is 3. The van der Waals surface area contributed by atoms with Gasteiger partial charge < -0.3 is 9.47 Å². The van der Waals surface area contributed by atoms with E-state index in [9.17, 15) is 4.79 Å². The second-order valence-electron chi connectivity index (χ2n) is 5.41. The van der Waals surface area contributed by atoms with Crippen LogP contribution < -0.4 is 4.74 Å². The molecule has 3 nitrogen and oxygen atoms in total. The number of carbonyl (C=O) groups excluding carboxylic acids is 1. The van der Waals surface area contributed by atoms with Crippen LogP contribution in [0.4, 0.5) is 0 Å². The molecule has 0 aromatic heterocycles. The van der Waals surface area contributed by atoms with Gasteiger partial charge in [0.05, 0.1) is 12.3 Å². The molecule has 0 bridgehead atoms. The fourth-order valence-electron chi connectivity index (χ4n) is 2.32. The molecule has 0 saturated heterocycles. The van der Waals surface area contributed by atoms with E-state index >= 15 is 0 Å². The summed E-state index contributed by atoms with van der Waals surface area (Å²) in [6.07, 6.45) is 2.63. The second kappa shape index (κ2) is 8.50. The highest BCUT2D eigenvalue weighted by Crippen LogP contribution is 2.22. The van der Waals surface area contributed by atoms with E-state index in [0.717, 1.165) is 16.7 Å². The predicted molar refractivity (Wildman–Crippen MR) is 97.9 cm³/mol. The van der Waals surface area contributed by atoms with Gasteiger partial charge in [0, 0.05) is 0 Å². The van der Waals surface area contributed by atoms with Gasteiger partial charge in [-0.1, -0.05) is 72.8 Å². The van der Waals surface area contributed by atoms with Crippen molar-refractivity contribution in [2.45, 2.75) is 6.61 Å². The van der Waals surface area contributed by atoms with Crippen LogP contribution in [0.25, 0.3) is 11.1 Å². The van der Waals surface area contributed by atoms with Crippen LogP contribution >= 0.6 is 0 Å². The lowest BCUT2D eigenvalue weighted by atomic mass is 10.1. The molecule has 0 aliphatic rings. The van der Waals surface area contributed by atoms with Crippen molar-refractivity contribution in [1.82, 2.24) is 0 Å². The summed E-state index contributed by atoms with van der Waals surface area (Å²) < 4.78 is 10.6. The highest BCUT2D eigenvalue weighted by molar-refractivity contribution is 5.83. The lowest BCUT2D eigenvalue weighted by Gasteiger charge is -2.04. The smallest absolute Gasteiger partial charge is 0.339 e. The lowest BCUT2D eigenvalue weighted by molar-refractivity contribution is -0.129. The van der Waals surface area contributed by atoms with Crippen molar-refractivity contribution in [3.63, 3.8) is 0 Å². The molecule has 3 aromatic rings. The highest BCUT2D eigenvalue weighted by atomic mass is 16.5. The molecule has 0 aliphatic carbocycles. The van der Waals surface area contributed by atoms with Crippen molar-refractivity contribution in [2.24, 2.45) is 0 Å². The van der Waals surface area contributed by atoms with E-state index in [-0.39, 0.29) is 0 Å². The predicted octanol–water partition coefficient (Wildman–Crippen LogP) is 4.99. The summed E-state index contributed by atoms with van der Waals surface area (Å²) in [5.41, 5.74) is 3.23. The Morgan fingerprint density at radius 2 is 1.36 bits per heavy atom. The van der Waals surface area contributed by atoms with E-state index < -0.39 is 5.97 Å². The zero-order valence-electron chi connectivity index (χ0n) is 13.7. The molecule has 25 heavy (non-hydrogen) atoms. The van der Waals surface area contributed by atoms with Crippen LogP contribution in [0.2, 0.25) is 0 Å². The third kappa shape index (κ3) is 5.08. The zero-order chi connectivity index (χ0) is 17.3. The number of ether oxygens (including phenoxy) is 2. The Labute approximate surface area is 147 Å². The van der Waals surface area contributed by atoms with Gasteiger partial charge in [-0.3, -0.25) is 0 Å². The first-order valence-electron chi connectivity index (χ1n) is 8.01. The minimum absolute atomic E-state index is 0.413. The Kier molecular flexibility index (Phi) is 5.62. The molecule has 0 heterocycles. The summed E-state index contributed by atoms with van der Waals surface area (Å²) >= 11 is 0. The quantitative estimate of drug-likeness (QED) is 0.276. The number of benzene rings is 3. The van der Waals surface area contributed by atoms with Crippen LogP contribution in [0.1, 0.15) is 5.56 Å². The first-order valence-corrected chi connectivity index (χ1v) is 8.01. The van der Waals surface area contributed by atoms with Crippen molar-refractivity contribution in [3.05, 3.63) is 103 Å². The van der Waals surface area contributed by atoms with Crippen LogP contribution in [0, 0.1) is 0 Å². The molecule has 0 unspecified atom stereocenters. The Balaban J connectivity index is 1.50. The Hall–Kier alpha value is -3.33. The molecule has 0 spiro atoms. The Morgan fingerprint density at radius 1 is 0.760 bits per heavy atom. The van der Waals surface area contributed by atoms with Gasteiger partial charge in [0.1, 0.15) is 12.4 Å². The van der Waals surface area contributed by atoms with E-state index in [1.54, 1.807) is 12.1 Å². The normalized spacial score (nSPS) is 10.6. The van der Waals surface area contributed by atoms with Crippen LogP contribution in [0.5, 0.6) is 5.75 Å². The van der Waals surface area contributed by atoms with Gasteiger partial charge in [0.25, 0.3) is 0 Å². The van der Waals surface area contributed by atoms with E-state index in [4.69, 9.17) is 9.47 Å². The van der Waals surface area contributed by atoms with E-state index in [2.05, 4.69) is 0 Å². The summed E-state index contributed by atoms with van der Waals surface area (Å²) in [6, 6.07) is 27.2. The summed E-state index contributed by atoms with van der Waals surface area (Å²) in [4.78, 5) is 11.8. The van der Waals surface area contributed by atoms with Crippen LogP contribution in [-0.4, -0.2) is 5.97 Å². The minimum Gasteiger partial charge on any atom is -0.496 e. The van der Waals surface area contributed by atoms with Crippen LogP contribution in [0.15, 0.2) is 97.3 Å². The van der Waals surface area contributed by atoms with Gasteiger partial charge in [-0.2, -0.15) is 0 Å². The summed E-state index contributed by atoms with van der Waals surface area (Å²) in [7, 11) is 0. The summed E-state index contributed by atoms with van der Waals surface area (Å²) in [5, 5.41) is 0. The van der Waals surface area contributed by atoms with Crippen molar-refractivity contribution in [2.75, 3.05) is 0 Å². The molecule has 0 aliphatic heterocycles. The third-order valence-corrected chi connectivity index (χ3v) is 3.57. The van der Waals surface area contributed by atoms with E-state index in [1.165, 1.54) is 12.3 Å². The Bertz CT molecular complexity index is 822. The molecular formula is C22H18O3. The van der Waals surface area contributed by atoms with Gasteiger partial charge in [0.2, 0.25) is 0 Å². The first kappa shape index (κ1) is 16.5. The molecule has 0 fully saturated rings. The highest BCUT2D eigenvalue weighted by Gasteiger charge is 2.02. The lowest BCUT2D eigenvalue weighted by Crippen LogP contribution is -2.03.